The number of para-hydroxylation sites is 2. The summed E-state index contributed by atoms with van der Waals surface area (Å²) in [5, 5.41) is 2.84. The normalized spacial score (nSPS) is 12.1. The van der Waals surface area contributed by atoms with E-state index >= 15 is 0 Å². The average molecular weight is 439 g/mol. The first kappa shape index (κ1) is 22.4. The summed E-state index contributed by atoms with van der Waals surface area (Å²) in [5.41, 5.74) is 2.58. The molecule has 0 aliphatic carbocycles. The molecule has 3 aromatic rings. The van der Waals surface area contributed by atoms with Gasteiger partial charge in [0.1, 0.15) is 12.4 Å². The van der Waals surface area contributed by atoms with Crippen molar-refractivity contribution >= 4 is 21.6 Å². The molecule has 0 fully saturated rings. The van der Waals surface area contributed by atoms with E-state index in [1.54, 1.807) is 24.3 Å². The summed E-state index contributed by atoms with van der Waals surface area (Å²) in [6, 6.07) is 20.5. The van der Waals surface area contributed by atoms with Crippen LogP contribution in [0.15, 0.2) is 77.7 Å². The number of benzene rings is 3. The van der Waals surface area contributed by atoms with Gasteiger partial charge in [0.05, 0.1) is 16.6 Å². The Labute approximate surface area is 183 Å². The molecular formula is C24H26N2O4S. The molecule has 3 rings (SSSR count). The van der Waals surface area contributed by atoms with E-state index < -0.39 is 10.0 Å². The Hall–Kier alpha value is -3.32. The molecule has 31 heavy (non-hydrogen) atoms. The fraction of sp³-hybridized carbons (Fsp3) is 0.208. The predicted octanol–water partition coefficient (Wildman–Crippen LogP) is 4.30. The maximum atomic E-state index is 12.8. The lowest BCUT2D eigenvalue weighted by molar-refractivity contribution is 0.0926. The number of anilines is 1. The predicted molar refractivity (Wildman–Crippen MR) is 122 cm³/mol. The molecule has 0 saturated heterocycles. The van der Waals surface area contributed by atoms with Crippen LogP contribution in [-0.4, -0.2) is 27.0 Å². The van der Waals surface area contributed by atoms with Crippen LogP contribution in [-0.2, 0) is 10.0 Å². The van der Waals surface area contributed by atoms with Crippen molar-refractivity contribution in [2.45, 2.75) is 31.7 Å². The van der Waals surface area contributed by atoms with E-state index in [1.165, 1.54) is 12.1 Å². The highest BCUT2D eigenvalue weighted by atomic mass is 32.2. The number of carbonyl (C=O) groups excluding carboxylic acids is 1. The molecule has 7 heteroatoms. The molecule has 0 bridgehead atoms. The van der Waals surface area contributed by atoms with Crippen LogP contribution in [0.25, 0.3) is 0 Å². The van der Waals surface area contributed by atoms with E-state index in [2.05, 4.69) is 10.0 Å². The molecule has 162 valence electrons. The second-order valence-corrected chi connectivity index (χ2v) is 9.08. The van der Waals surface area contributed by atoms with Crippen LogP contribution in [0.1, 0.15) is 28.4 Å². The van der Waals surface area contributed by atoms with Gasteiger partial charge in [0.25, 0.3) is 15.9 Å². The quantitative estimate of drug-likeness (QED) is 0.549. The summed E-state index contributed by atoms with van der Waals surface area (Å²) in [4.78, 5) is 12.7. The van der Waals surface area contributed by atoms with Crippen LogP contribution in [0.2, 0.25) is 0 Å². The zero-order valence-electron chi connectivity index (χ0n) is 17.8. The van der Waals surface area contributed by atoms with Gasteiger partial charge in [0, 0.05) is 5.56 Å². The number of ether oxygens (including phenoxy) is 1. The Bertz CT molecular complexity index is 1180. The molecule has 0 aliphatic heterocycles. The first-order chi connectivity index (χ1) is 14.8. The van der Waals surface area contributed by atoms with Gasteiger partial charge in [-0.2, -0.15) is 0 Å². The molecule has 2 N–H and O–H groups in total. The lowest BCUT2D eigenvalue weighted by atomic mass is 10.2. The minimum atomic E-state index is -3.83. The minimum absolute atomic E-state index is 0.0206. The third-order valence-corrected chi connectivity index (χ3v) is 6.12. The summed E-state index contributed by atoms with van der Waals surface area (Å²) >= 11 is 0. The third kappa shape index (κ3) is 5.86. The number of carbonyl (C=O) groups is 1. The molecule has 3 aromatic carbocycles. The number of hydrogen-bond acceptors (Lipinski definition) is 4. The Kier molecular flexibility index (Phi) is 6.97. The summed E-state index contributed by atoms with van der Waals surface area (Å²) < 4.78 is 33.9. The molecule has 0 heterocycles. The Morgan fingerprint density at radius 3 is 2.32 bits per heavy atom. The van der Waals surface area contributed by atoms with E-state index in [1.807, 2.05) is 57.2 Å². The van der Waals surface area contributed by atoms with Crippen LogP contribution in [0.4, 0.5) is 5.69 Å². The summed E-state index contributed by atoms with van der Waals surface area (Å²) in [7, 11) is -3.83. The van der Waals surface area contributed by atoms with Crippen molar-refractivity contribution in [3.05, 3.63) is 89.5 Å². The SMILES string of the molecule is Cc1ccccc1NS(=O)(=O)c1cccc(C(=O)N[C@@H](C)COc2ccccc2C)c1. The van der Waals surface area contributed by atoms with Gasteiger partial charge in [-0.15, -0.1) is 0 Å². The van der Waals surface area contributed by atoms with Crippen LogP contribution in [0.3, 0.4) is 0 Å². The van der Waals surface area contributed by atoms with Gasteiger partial charge in [-0.1, -0.05) is 42.5 Å². The fourth-order valence-corrected chi connectivity index (χ4v) is 4.15. The number of aryl methyl sites for hydroxylation is 2. The smallest absolute Gasteiger partial charge is 0.261 e. The van der Waals surface area contributed by atoms with Gasteiger partial charge in [0.15, 0.2) is 0 Å². The Balaban J connectivity index is 1.66. The fourth-order valence-electron chi connectivity index (χ4n) is 2.98. The second kappa shape index (κ2) is 9.66. The van der Waals surface area contributed by atoms with Gasteiger partial charge < -0.3 is 10.1 Å². The second-order valence-electron chi connectivity index (χ2n) is 7.40. The molecule has 0 aliphatic rings. The number of nitrogens with one attached hydrogen (secondary N) is 2. The van der Waals surface area contributed by atoms with E-state index in [0.29, 0.717) is 12.3 Å². The van der Waals surface area contributed by atoms with E-state index in [9.17, 15) is 13.2 Å². The number of rotatable bonds is 8. The monoisotopic (exact) mass is 438 g/mol. The van der Waals surface area contributed by atoms with Gasteiger partial charge in [-0.3, -0.25) is 9.52 Å². The maximum Gasteiger partial charge on any atom is 0.261 e. The summed E-state index contributed by atoms with van der Waals surface area (Å²) in [6.45, 7) is 5.90. The standard InChI is InChI=1S/C24H26N2O4S/c1-17-9-4-6-13-22(17)26-31(28,29)21-12-8-11-20(15-21)24(27)25-19(3)16-30-23-14-7-5-10-18(23)2/h4-15,19,26H,16H2,1-3H3,(H,25,27)/t19-/m0/s1. The van der Waals surface area contributed by atoms with E-state index in [0.717, 1.165) is 16.9 Å². The molecule has 0 radical (unpaired) electrons. The highest BCUT2D eigenvalue weighted by Gasteiger charge is 2.18. The maximum absolute atomic E-state index is 12.8. The largest absolute Gasteiger partial charge is 0.491 e. The highest BCUT2D eigenvalue weighted by molar-refractivity contribution is 7.92. The zero-order chi connectivity index (χ0) is 22.4. The van der Waals surface area contributed by atoms with Crippen molar-refractivity contribution < 1.29 is 17.9 Å². The summed E-state index contributed by atoms with van der Waals surface area (Å²) in [5.74, 6) is 0.396. The zero-order valence-corrected chi connectivity index (χ0v) is 18.6. The lowest BCUT2D eigenvalue weighted by Crippen LogP contribution is -2.36. The van der Waals surface area contributed by atoms with Crippen LogP contribution < -0.4 is 14.8 Å². The first-order valence-corrected chi connectivity index (χ1v) is 11.4. The van der Waals surface area contributed by atoms with Crippen molar-refractivity contribution in [2.75, 3.05) is 11.3 Å². The third-order valence-electron chi connectivity index (χ3n) is 4.76. The molecule has 1 atom stereocenters. The van der Waals surface area contributed by atoms with Crippen LogP contribution >= 0.6 is 0 Å². The van der Waals surface area contributed by atoms with Crippen molar-refractivity contribution in [1.82, 2.24) is 5.32 Å². The van der Waals surface area contributed by atoms with Crippen LogP contribution in [0, 0.1) is 13.8 Å². The molecular weight excluding hydrogens is 412 g/mol. The van der Waals surface area contributed by atoms with Gasteiger partial charge in [-0.25, -0.2) is 8.42 Å². The summed E-state index contributed by atoms with van der Waals surface area (Å²) in [6.07, 6.45) is 0. The molecule has 6 nitrogen and oxygen atoms in total. The van der Waals surface area contributed by atoms with E-state index in [4.69, 9.17) is 4.74 Å². The minimum Gasteiger partial charge on any atom is -0.491 e. The topological polar surface area (TPSA) is 84.5 Å². The van der Waals surface area contributed by atoms with Gasteiger partial charge in [-0.05, 0) is 62.2 Å². The lowest BCUT2D eigenvalue weighted by Gasteiger charge is -2.16. The van der Waals surface area contributed by atoms with E-state index in [-0.39, 0.29) is 22.4 Å². The van der Waals surface area contributed by atoms with Crippen LogP contribution in [0.5, 0.6) is 5.75 Å². The Morgan fingerprint density at radius 1 is 0.935 bits per heavy atom. The van der Waals surface area contributed by atoms with Crippen molar-refractivity contribution in [2.24, 2.45) is 0 Å². The van der Waals surface area contributed by atoms with Gasteiger partial charge >= 0.3 is 0 Å². The van der Waals surface area contributed by atoms with Crippen molar-refractivity contribution in [1.29, 1.82) is 0 Å². The number of sulfonamides is 1. The molecule has 1 amide bonds. The van der Waals surface area contributed by atoms with Crippen molar-refractivity contribution in [3.8, 4) is 5.75 Å². The highest BCUT2D eigenvalue weighted by Crippen LogP contribution is 2.20. The number of hydrogen-bond donors (Lipinski definition) is 2. The molecule has 0 aromatic heterocycles. The van der Waals surface area contributed by atoms with Gasteiger partial charge in [0.2, 0.25) is 0 Å². The molecule has 0 saturated carbocycles. The molecule has 0 spiro atoms. The first-order valence-electron chi connectivity index (χ1n) is 9.94. The average Bonchev–Trinajstić information content (AvgIpc) is 2.75. The Morgan fingerprint density at radius 2 is 1.61 bits per heavy atom. The number of amides is 1. The molecule has 0 unspecified atom stereocenters. The van der Waals surface area contributed by atoms with Crippen molar-refractivity contribution in [3.63, 3.8) is 0 Å².